The molecule has 0 spiro atoms. The number of urea groups is 1. The molecule has 0 bridgehead atoms. The van der Waals surface area contributed by atoms with Crippen LogP contribution in [0.5, 0.6) is 0 Å². The minimum atomic E-state index is -0.185. The van der Waals surface area contributed by atoms with Gasteiger partial charge in [-0.3, -0.25) is 0 Å². The molecule has 0 fully saturated rings. The van der Waals surface area contributed by atoms with E-state index < -0.39 is 0 Å². The summed E-state index contributed by atoms with van der Waals surface area (Å²) in [6, 6.07) is 9.51. The summed E-state index contributed by atoms with van der Waals surface area (Å²) in [7, 11) is 0. The van der Waals surface area contributed by atoms with Crippen molar-refractivity contribution in [3.05, 3.63) is 41.8 Å². The zero-order valence-corrected chi connectivity index (χ0v) is 11.8. The van der Waals surface area contributed by atoms with Crippen molar-refractivity contribution in [1.82, 2.24) is 15.6 Å². The van der Waals surface area contributed by atoms with E-state index in [1.807, 2.05) is 44.2 Å². The van der Waals surface area contributed by atoms with E-state index in [0.29, 0.717) is 19.0 Å². The van der Waals surface area contributed by atoms with Gasteiger partial charge in [-0.2, -0.15) is 0 Å². The van der Waals surface area contributed by atoms with E-state index in [-0.39, 0.29) is 6.03 Å². The molecule has 2 rings (SSSR count). The maximum absolute atomic E-state index is 11.5. The molecule has 1 aromatic carbocycles. The maximum Gasteiger partial charge on any atom is 0.315 e. The van der Waals surface area contributed by atoms with E-state index in [1.54, 1.807) is 0 Å². The number of rotatable bonds is 5. The number of benzene rings is 1. The Labute approximate surface area is 118 Å². The lowest BCUT2D eigenvalue weighted by atomic mass is 10.2. The highest BCUT2D eigenvalue weighted by Crippen LogP contribution is 2.21. The quantitative estimate of drug-likeness (QED) is 0.880. The number of nitrogens with one attached hydrogen (secondary N) is 2. The third-order valence-corrected chi connectivity index (χ3v) is 2.87. The zero-order chi connectivity index (χ0) is 14.4. The summed E-state index contributed by atoms with van der Waals surface area (Å²) in [5.41, 5.74) is 1.67. The van der Waals surface area contributed by atoms with E-state index in [0.717, 1.165) is 23.4 Å². The number of hydrogen-bond acceptors (Lipinski definition) is 3. The Hall–Kier alpha value is -2.30. The van der Waals surface area contributed by atoms with Gasteiger partial charge in [-0.15, -0.1) is 0 Å². The number of hydrogen-bond donors (Lipinski definition) is 2. The smallest absolute Gasteiger partial charge is 0.315 e. The van der Waals surface area contributed by atoms with Crippen molar-refractivity contribution in [3.63, 3.8) is 0 Å². The Morgan fingerprint density at radius 1 is 1.25 bits per heavy atom. The molecule has 1 heterocycles. The van der Waals surface area contributed by atoms with Crippen molar-refractivity contribution in [1.29, 1.82) is 0 Å². The molecular weight excluding hydrogens is 254 g/mol. The molecule has 5 nitrogen and oxygen atoms in total. The van der Waals surface area contributed by atoms with E-state index in [4.69, 9.17) is 4.42 Å². The highest BCUT2D eigenvalue weighted by atomic mass is 16.4. The largest absolute Gasteiger partial charge is 0.441 e. The summed E-state index contributed by atoms with van der Waals surface area (Å²) in [5, 5.41) is 5.52. The van der Waals surface area contributed by atoms with Gasteiger partial charge < -0.3 is 15.1 Å². The van der Waals surface area contributed by atoms with Crippen LogP contribution in [0.15, 0.2) is 34.7 Å². The van der Waals surface area contributed by atoms with Crippen LogP contribution in [0.1, 0.15) is 24.8 Å². The maximum atomic E-state index is 11.5. The lowest BCUT2D eigenvalue weighted by molar-refractivity contribution is 0.240. The van der Waals surface area contributed by atoms with Crippen LogP contribution >= 0.6 is 0 Å². The second-order valence-corrected chi connectivity index (χ2v) is 4.50. The Balaban J connectivity index is 2.00. The molecule has 20 heavy (non-hydrogen) atoms. The molecule has 0 aliphatic rings. The van der Waals surface area contributed by atoms with Gasteiger partial charge in [0.15, 0.2) is 0 Å². The van der Waals surface area contributed by atoms with E-state index >= 15 is 0 Å². The molecule has 0 saturated carbocycles. The predicted octanol–water partition coefficient (Wildman–Crippen LogP) is 2.86. The van der Waals surface area contributed by atoms with E-state index in [2.05, 4.69) is 15.6 Å². The van der Waals surface area contributed by atoms with Crippen molar-refractivity contribution in [2.45, 2.75) is 26.8 Å². The molecule has 5 heteroatoms. The lowest BCUT2D eigenvalue weighted by Crippen LogP contribution is -2.35. The van der Waals surface area contributed by atoms with Gasteiger partial charge in [-0.1, -0.05) is 25.1 Å². The highest BCUT2D eigenvalue weighted by molar-refractivity contribution is 5.73. The van der Waals surface area contributed by atoms with Gasteiger partial charge in [0.1, 0.15) is 11.5 Å². The number of nitrogens with zero attached hydrogens (tertiary/aromatic N) is 1. The molecule has 0 saturated heterocycles. The summed E-state index contributed by atoms with van der Waals surface area (Å²) in [6.07, 6.45) is 0.911. The summed E-state index contributed by atoms with van der Waals surface area (Å²) in [6.45, 7) is 4.88. The first-order valence-corrected chi connectivity index (χ1v) is 6.74. The van der Waals surface area contributed by atoms with E-state index in [9.17, 15) is 4.79 Å². The van der Waals surface area contributed by atoms with Crippen molar-refractivity contribution in [2.75, 3.05) is 6.54 Å². The fraction of sp³-hybridized carbons (Fsp3) is 0.333. The SMILES string of the molecule is CCCNC(=O)NCc1nc(-c2ccccc2)oc1C. The summed E-state index contributed by atoms with van der Waals surface area (Å²) >= 11 is 0. The molecule has 2 amide bonds. The molecule has 2 aromatic rings. The Morgan fingerprint density at radius 2 is 2.00 bits per heavy atom. The van der Waals surface area contributed by atoms with Crippen LogP contribution in [0.4, 0.5) is 4.79 Å². The number of carbonyl (C=O) groups is 1. The van der Waals surface area contributed by atoms with Crippen molar-refractivity contribution in [3.8, 4) is 11.5 Å². The number of aryl methyl sites for hydroxylation is 1. The topological polar surface area (TPSA) is 67.2 Å². The van der Waals surface area contributed by atoms with Gasteiger partial charge in [0.05, 0.1) is 6.54 Å². The van der Waals surface area contributed by atoms with Gasteiger partial charge in [-0.05, 0) is 25.5 Å². The molecule has 0 aliphatic heterocycles. The highest BCUT2D eigenvalue weighted by Gasteiger charge is 2.11. The predicted molar refractivity (Wildman–Crippen MR) is 77.2 cm³/mol. The molecule has 1 aromatic heterocycles. The van der Waals surface area contributed by atoms with E-state index in [1.165, 1.54) is 0 Å². The van der Waals surface area contributed by atoms with Gasteiger partial charge in [0.25, 0.3) is 0 Å². The summed E-state index contributed by atoms with van der Waals surface area (Å²) in [4.78, 5) is 15.9. The fourth-order valence-corrected chi connectivity index (χ4v) is 1.76. The van der Waals surface area contributed by atoms with Gasteiger partial charge >= 0.3 is 6.03 Å². The standard InChI is InChI=1S/C15H19N3O2/c1-3-9-16-15(19)17-10-13-11(2)20-14(18-13)12-7-5-4-6-8-12/h4-8H,3,9-10H2,1-2H3,(H2,16,17,19). The molecule has 0 radical (unpaired) electrons. The van der Waals surface area contributed by atoms with Crippen LogP contribution in [0.2, 0.25) is 0 Å². The Kier molecular flexibility index (Phi) is 4.76. The minimum absolute atomic E-state index is 0.185. The van der Waals surface area contributed by atoms with Gasteiger partial charge in [0, 0.05) is 12.1 Å². The second-order valence-electron chi connectivity index (χ2n) is 4.50. The molecule has 2 N–H and O–H groups in total. The van der Waals surface area contributed by atoms with Crippen LogP contribution in [-0.4, -0.2) is 17.6 Å². The number of carbonyl (C=O) groups excluding carboxylic acids is 1. The summed E-state index contributed by atoms with van der Waals surface area (Å²) < 4.78 is 5.63. The number of aromatic nitrogens is 1. The van der Waals surface area contributed by atoms with Crippen molar-refractivity contribution < 1.29 is 9.21 Å². The molecule has 0 aliphatic carbocycles. The Morgan fingerprint density at radius 3 is 2.70 bits per heavy atom. The minimum Gasteiger partial charge on any atom is -0.441 e. The normalized spacial score (nSPS) is 10.3. The van der Waals surface area contributed by atoms with Crippen LogP contribution in [0.25, 0.3) is 11.5 Å². The van der Waals surface area contributed by atoms with Crippen LogP contribution < -0.4 is 10.6 Å². The first-order valence-electron chi connectivity index (χ1n) is 6.74. The van der Waals surface area contributed by atoms with Crippen LogP contribution in [-0.2, 0) is 6.54 Å². The van der Waals surface area contributed by atoms with Crippen LogP contribution in [0.3, 0.4) is 0 Å². The molecule has 106 valence electrons. The fourth-order valence-electron chi connectivity index (χ4n) is 1.76. The summed E-state index contributed by atoms with van der Waals surface area (Å²) in [5.74, 6) is 1.30. The van der Waals surface area contributed by atoms with Crippen LogP contribution in [0, 0.1) is 6.92 Å². The average molecular weight is 273 g/mol. The third-order valence-electron chi connectivity index (χ3n) is 2.87. The van der Waals surface area contributed by atoms with Crippen molar-refractivity contribution in [2.24, 2.45) is 0 Å². The monoisotopic (exact) mass is 273 g/mol. The van der Waals surface area contributed by atoms with Gasteiger partial charge in [0.2, 0.25) is 5.89 Å². The first kappa shape index (κ1) is 14.1. The molecular formula is C15H19N3O2. The molecule has 0 unspecified atom stereocenters. The second kappa shape index (κ2) is 6.75. The average Bonchev–Trinajstić information content (AvgIpc) is 2.85. The third kappa shape index (κ3) is 3.60. The zero-order valence-electron chi connectivity index (χ0n) is 11.8. The number of oxazole rings is 1. The lowest BCUT2D eigenvalue weighted by Gasteiger charge is -2.04. The van der Waals surface area contributed by atoms with Crippen molar-refractivity contribution >= 4 is 6.03 Å². The number of amides is 2. The Bertz CT molecular complexity index is 564. The molecule has 0 atom stereocenters. The first-order chi connectivity index (χ1) is 9.70. The van der Waals surface area contributed by atoms with Gasteiger partial charge in [-0.25, -0.2) is 9.78 Å².